The fourth-order valence-corrected chi connectivity index (χ4v) is 6.20. The van der Waals surface area contributed by atoms with Crippen LogP contribution in [-0.2, 0) is 24.6 Å². The first kappa shape index (κ1) is 36.2. The third kappa shape index (κ3) is 7.10. The molecule has 1 atom stereocenters. The molecule has 0 saturated carbocycles. The molecule has 1 saturated heterocycles. The van der Waals surface area contributed by atoms with Gasteiger partial charge >= 0.3 is 17.8 Å². The highest BCUT2D eigenvalue weighted by Gasteiger charge is 2.58. The van der Waals surface area contributed by atoms with E-state index in [2.05, 4.69) is 40.4 Å². The lowest BCUT2D eigenvalue weighted by Crippen LogP contribution is -2.48. The molecule has 1 unspecified atom stereocenters. The Morgan fingerprint density at radius 1 is 0.741 bits per heavy atom. The van der Waals surface area contributed by atoms with Crippen molar-refractivity contribution < 1.29 is 35.8 Å². The molecule has 1 aliphatic heterocycles. The molecule has 0 spiro atoms. The minimum atomic E-state index is -4.59. The molecule has 5 heterocycles. The van der Waals surface area contributed by atoms with Crippen LogP contribution in [0.3, 0.4) is 0 Å². The topological polar surface area (TPSA) is 136 Å². The van der Waals surface area contributed by atoms with Crippen LogP contribution in [0.2, 0.25) is 0 Å². The number of piperazine rings is 1. The van der Waals surface area contributed by atoms with Crippen molar-refractivity contribution in [3.05, 3.63) is 125 Å². The maximum Gasteiger partial charge on any atom is 0.408 e. The minimum Gasteiger partial charge on any atom is -0.377 e. The molecule has 4 aromatic heterocycles. The number of nitrogens with zero attached hydrogens (tertiary/aromatic N) is 11. The number of halogens is 7. The Morgan fingerprint density at radius 3 is 2.02 bits per heavy atom. The Bertz CT molecular complexity index is 2270. The van der Waals surface area contributed by atoms with E-state index in [0.717, 1.165) is 51.5 Å². The Kier molecular flexibility index (Phi) is 9.38. The predicted molar refractivity (Wildman–Crippen MR) is 178 cm³/mol. The number of hydrogen-bond donors (Lipinski definition) is 1. The Hall–Kier alpha value is -6.18. The molecule has 1 fully saturated rings. The van der Waals surface area contributed by atoms with E-state index in [1.54, 1.807) is 24.4 Å². The van der Waals surface area contributed by atoms with Crippen molar-refractivity contribution in [2.24, 2.45) is 0 Å². The van der Waals surface area contributed by atoms with Gasteiger partial charge in [0.15, 0.2) is 5.60 Å². The van der Waals surface area contributed by atoms with E-state index >= 15 is 8.78 Å². The monoisotopic (exact) mass is 755 g/mol. The number of aliphatic hydroxyl groups is 1. The van der Waals surface area contributed by atoms with Gasteiger partial charge in [0.25, 0.3) is 0 Å². The zero-order valence-corrected chi connectivity index (χ0v) is 27.8. The number of hydrogen-bond acceptors (Lipinski definition) is 10. The van der Waals surface area contributed by atoms with Gasteiger partial charge in [0.05, 0.1) is 18.4 Å². The molecule has 1 aliphatic rings. The van der Waals surface area contributed by atoms with Crippen molar-refractivity contribution in [3.63, 3.8) is 0 Å². The standard InChI is InChI=1S/C34H28F7N11O2/c35-24-4-8-27(28(36)15-24)32(54,18-50-20-44-46-47-50)34(40,41)29-9-3-23(16-42-29)22-1-5-25(6-2-22)48-11-13-49(14-12-48)26-7-10-30(43-17-26)51-21-45-52(31(51)53)19-33(37,38)39/h1-10,15-17,20-21,54H,11-14,18-19H2. The van der Waals surface area contributed by atoms with E-state index in [4.69, 9.17) is 0 Å². The van der Waals surface area contributed by atoms with Gasteiger partial charge < -0.3 is 14.9 Å². The minimum absolute atomic E-state index is 0.136. The maximum absolute atomic E-state index is 16.1. The predicted octanol–water partition coefficient (Wildman–Crippen LogP) is 4.32. The van der Waals surface area contributed by atoms with Gasteiger partial charge in [-0.25, -0.2) is 32.5 Å². The van der Waals surface area contributed by atoms with E-state index in [0.29, 0.717) is 48.1 Å². The zero-order chi connectivity index (χ0) is 38.3. The summed E-state index contributed by atoms with van der Waals surface area (Å²) in [6, 6.07) is 14.9. The SMILES string of the molecule is O=c1n(-c2ccc(N3CCN(c4ccc(-c5ccc(C(F)(F)C(O)(Cn6cnnn6)c6ccc(F)cc6F)nc5)cc4)CC3)cn2)cnn1CC(F)(F)F. The second kappa shape index (κ2) is 14.0. The van der Waals surface area contributed by atoms with Crippen LogP contribution in [0.25, 0.3) is 16.9 Å². The molecule has 6 aromatic rings. The summed E-state index contributed by atoms with van der Waals surface area (Å²) >= 11 is 0. The van der Waals surface area contributed by atoms with Crippen LogP contribution < -0.4 is 15.5 Å². The van der Waals surface area contributed by atoms with E-state index in [1.165, 1.54) is 18.3 Å². The summed E-state index contributed by atoms with van der Waals surface area (Å²) in [5.74, 6) is -6.45. The molecule has 0 aliphatic carbocycles. The van der Waals surface area contributed by atoms with Crippen molar-refractivity contribution in [3.8, 4) is 16.9 Å². The largest absolute Gasteiger partial charge is 0.408 e. The first-order chi connectivity index (χ1) is 25.7. The number of pyridine rings is 2. The number of benzene rings is 2. The average molecular weight is 756 g/mol. The molecule has 7 rings (SSSR count). The number of alkyl halides is 5. The lowest BCUT2D eigenvalue weighted by atomic mass is 9.84. The van der Waals surface area contributed by atoms with Gasteiger partial charge in [-0.2, -0.15) is 27.1 Å². The maximum atomic E-state index is 16.1. The van der Waals surface area contributed by atoms with Crippen LogP contribution in [0.1, 0.15) is 11.3 Å². The summed E-state index contributed by atoms with van der Waals surface area (Å²) in [5, 5.41) is 25.2. The van der Waals surface area contributed by atoms with Crippen LogP contribution in [0.5, 0.6) is 0 Å². The zero-order valence-electron chi connectivity index (χ0n) is 27.8. The molecular formula is C34H28F7N11O2. The molecule has 280 valence electrons. The van der Waals surface area contributed by atoms with Gasteiger partial charge in [0, 0.05) is 55.3 Å². The number of tetrazole rings is 1. The van der Waals surface area contributed by atoms with Crippen LogP contribution >= 0.6 is 0 Å². The lowest BCUT2D eigenvalue weighted by molar-refractivity contribution is -0.207. The number of anilines is 2. The van der Waals surface area contributed by atoms with Crippen LogP contribution in [0.15, 0.2) is 96.6 Å². The highest BCUT2D eigenvalue weighted by molar-refractivity contribution is 5.66. The number of rotatable bonds is 10. The van der Waals surface area contributed by atoms with Crippen LogP contribution in [-0.4, -0.2) is 82.0 Å². The molecule has 20 heteroatoms. The summed E-state index contributed by atoms with van der Waals surface area (Å²) in [6.07, 6.45) is 0.122. The molecule has 13 nitrogen and oxygen atoms in total. The average Bonchev–Trinajstić information content (AvgIpc) is 3.80. The highest BCUT2D eigenvalue weighted by Crippen LogP contribution is 2.47. The van der Waals surface area contributed by atoms with Crippen molar-refractivity contribution in [1.82, 2.24) is 44.5 Å². The van der Waals surface area contributed by atoms with Gasteiger partial charge in [-0.15, -0.1) is 5.10 Å². The summed E-state index contributed by atoms with van der Waals surface area (Å²) in [7, 11) is 0. The normalized spacial score (nSPS) is 15.0. The first-order valence-electron chi connectivity index (χ1n) is 16.2. The van der Waals surface area contributed by atoms with Gasteiger partial charge in [0.2, 0.25) is 0 Å². The van der Waals surface area contributed by atoms with Gasteiger partial charge in [-0.05, 0) is 58.5 Å². The van der Waals surface area contributed by atoms with E-state index in [9.17, 15) is 31.9 Å². The molecule has 0 bridgehead atoms. The fourth-order valence-electron chi connectivity index (χ4n) is 6.20. The molecule has 0 amide bonds. The molecule has 1 N–H and O–H groups in total. The molecule has 54 heavy (non-hydrogen) atoms. The third-order valence-corrected chi connectivity index (χ3v) is 9.02. The van der Waals surface area contributed by atoms with Gasteiger partial charge in [-0.3, -0.25) is 4.98 Å². The van der Waals surface area contributed by atoms with Gasteiger partial charge in [0.1, 0.15) is 42.3 Å². The van der Waals surface area contributed by atoms with E-state index in [-0.39, 0.29) is 5.82 Å². The van der Waals surface area contributed by atoms with Crippen molar-refractivity contribution >= 4 is 11.4 Å². The molecule has 2 aromatic carbocycles. The Balaban J connectivity index is 1.00. The lowest BCUT2D eigenvalue weighted by Gasteiger charge is -2.37. The van der Waals surface area contributed by atoms with E-state index < -0.39 is 59.4 Å². The second-order valence-corrected chi connectivity index (χ2v) is 12.5. The first-order valence-corrected chi connectivity index (χ1v) is 16.2. The Morgan fingerprint density at radius 2 is 1.43 bits per heavy atom. The quantitative estimate of drug-likeness (QED) is 0.202. The van der Waals surface area contributed by atoms with Gasteiger partial charge in [-0.1, -0.05) is 18.2 Å². The van der Waals surface area contributed by atoms with Crippen LogP contribution in [0.4, 0.5) is 42.1 Å². The number of aromatic nitrogens is 9. The van der Waals surface area contributed by atoms with Crippen LogP contribution in [0, 0.1) is 11.6 Å². The third-order valence-electron chi connectivity index (χ3n) is 9.02. The summed E-state index contributed by atoms with van der Waals surface area (Å²) in [5.41, 5.74) is -3.10. The summed E-state index contributed by atoms with van der Waals surface area (Å²) in [6.45, 7) is 0.0419. The van der Waals surface area contributed by atoms with E-state index in [1.807, 2.05) is 12.1 Å². The smallest absolute Gasteiger partial charge is 0.377 e. The van der Waals surface area contributed by atoms with Crippen molar-refractivity contribution in [2.75, 3.05) is 36.0 Å². The highest BCUT2D eigenvalue weighted by atomic mass is 19.4. The van der Waals surface area contributed by atoms with Crippen molar-refractivity contribution in [2.45, 2.75) is 30.8 Å². The molecular weight excluding hydrogens is 727 g/mol. The second-order valence-electron chi connectivity index (χ2n) is 12.5. The van der Waals surface area contributed by atoms with Crippen molar-refractivity contribution in [1.29, 1.82) is 0 Å². The summed E-state index contributed by atoms with van der Waals surface area (Å²) < 4.78 is 101. The summed E-state index contributed by atoms with van der Waals surface area (Å²) in [4.78, 5) is 24.8. The Labute approximate surface area is 300 Å². The molecule has 0 radical (unpaired) electrons. The fraction of sp³-hybridized carbons (Fsp3) is 0.265.